The molecule has 90 valence electrons. The van der Waals surface area contributed by atoms with Gasteiger partial charge < -0.3 is 5.73 Å². The third kappa shape index (κ3) is 3.25. The van der Waals surface area contributed by atoms with Gasteiger partial charge in [0.25, 0.3) is 5.78 Å². The Morgan fingerprint density at radius 2 is 1.88 bits per heavy atom. The number of nitrogens with two attached hydrogens (primary N) is 1. The van der Waals surface area contributed by atoms with E-state index in [1.54, 1.807) is 30.5 Å². The van der Waals surface area contributed by atoms with Gasteiger partial charge in [-0.1, -0.05) is 12.1 Å². The van der Waals surface area contributed by atoms with Crippen LogP contribution in [0.4, 0.5) is 0 Å². The molecule has 1 aromatic carbocycles. The fourth-order valence-corrected chi connectivity index (χ4v) is 1.92. The van der Waals surface area contributed by atoms with Gasteiger partial charge in [0, 0.05) is 16.9 Å². The molecule has 1 rings (SSSR count). The molecule has 0 aliphatic carbocycles. The SMILES string of the molecule is CSc1ccccc1C(=O)C(=O)C(=O)CCN. The second-order valence-electron chi connectivity index (χ2n) is 3.32. The van der Waals surface area contributed by atoms with Gasteiger partial charge in [-0.3, -0.25) is 14.4 Å². The molecule has 0 saturated heterocycles. The van der Waals surface area contributed by atoms with Crippen LogP contribution in [-0.2, 0) is 9.59 Å². The lowest BCUT2D eigenvalue weighted by molar-refractivity contribution is -0.133. The highest BCUT2D eigenvalue weighted by atomic mass is 32.2. The van der Waals surface area contributed by atoms with E-state index >= 15 is 0 Å². The molecule has 0 atom stereocenters. The zero-order chi connectivity index (χ0) is 12.8. The van der Waals surface area contributed by atoms with Crippen molar-refractivity contribution in [2.24, 2.45) is 5.73 Å². The van der Waals surface area contributed by atoms with Crippen molar-refractivity contribution in [2.45, 2.75) is 11.3 Å². The van der Waals surface area contributed by atoms with Crippen molar-refractivity contribution in [2.75, 3.05) is 12.8 Å². The summed E-state index contributed by atoms with van der Waals surface area (Å²) in [6.45, 7) is 0.0715. The number of Topliss-reactive ketones (excluding diaryl/α,β-unsaturated/α-hetero) is 3. The third-order valence-corrected chi connectivity index (χ3v) is 2.98. The Morgan fingerprint density at radius 1 is 1.24 bits per heavy atom. The average molecular weight is 251 g/mol. The number of rotatable bonds is 6. The first-order valence-corrected chi connectivity index (χ1v) is 6.29. The van der Waals surface area contributed by atoms with E-state index in [2.05, 4.69) is 0 Å². The maximum atomic E-state index is 11.8. The molecule has 1 aromatic rings. The summed E-state index contributed by atoms with van der Waals surface area (Å²) in [5, 5.41) is 0. The Morgan fingerprint density at radius 3 is 2.47 bits per heavy atom. The largest absolute Gasteiger partial charge is 0.330 e. The number of benzene rings is 1. The van der Waals surface area contributed by atoms with Crippen LogP contribution in [0.15, 0.2) is 29.2 Å². The number of carbonyl (C=O) groups excluding carboxylic acids is 3. The normalized spacial score (nSPS) is 10.0. The predicted molar refractivity (Wildman–Crippen MR) is 66.2 cm³/mol. The van der Waals surface area contributed by atoms with Gasteiger partial charge in [0.15, 0.2) is 0 Å². The van der Waals surface area contributed by atoms with E-state index < -0.39 is 17.3 Å². The Balaban J connectivity index is 2.96. The second-order valence-corrected chi connectivity index (χ2v) is 4.17. The minimum atomic E-state index is -0.989. The topological polar surface area (TPSA) is 77.2 Å². The Bertz CT molecular complexity index is 457. The van der Waals surface area contributed by atoms with E-state index in [0.717, 1.165) is 0 Å². The molecule has 0 radical (unpaired) electrons. The summed E-state index contributed by atoms with van der Waals surface area (Å²) in [7, 11) is 0. The van der Waals surface area contributed by atoms with Gasteiger partial charge in [-0.25, -0.2) is 0 Å². The Kier molecular flexibility index (Phi) is 5.06. The van der Waals surface area contributed by atoms with Crippen LogP contribution in [-0.4, -0.2) is 30.2 Å². The molecule has 5 heteroatoms. The maximum Gasteiger partial charge on any atom is 0.269 e. The summed E-state index contributed by atoms with van der Waals surface area (Å²) < 4.78 is 0. The number of thioether (sulfide) groups is 1. The van der Waals surface area contributed by atoms with Gasteiger partial charge >= 0.3 is 0 Å². The predicted octanol–water partition coefficient (Wildman–Crippen LogP) is 1.08. The van der Waals surface area contributed by atoms with Crippen LogP contribution < -0.4 is 5.73 Å². The average Bonchev–Trinajstić information content (AvgIpc) is 2.37. The van der Waals surface area contributed by atoms with Crippen LogP contribution in [0, 0.1) is 0 Å². The Labute approximate surface area is 104 Å². The minimum Gasteiger partial charge on any atom is -0.330 e. The highest BCUT2D eigenvalue weighted by molar-refractivity contribution is 7.98. The number of hydrogen-bond acceptors (Lipinski definition) is 5. The van der Waals surface area contributed by atoms with Crippen molar-refractivity contribution in [3.63, 3.8) is 0 Å². The van der Waals surface area contributed by atoms with Crippen molar-refractivity contribution < 1.29 is 14.4 Å². The minimum absolute atomic E-state index is 0.0715. The first kappa shape index (κ1) is 13.6. The molecule has 0 heterocycles. The van der Waals surface area contributed by atoms with E-state index in [0.29, 0.717) is 4.90 Å². The molecule has 0 fully saturated rings. The van der Waals surface area contributed by atoms with Crippen molar-refractivity contribution in [3.8, 4) is 0 Å². The van der Waals surface area contributed by atoms with Crippen molar-refractivity contribution in [1.29, 1.82) is 0 Å². The molecule has 0 aliphatic rings. The van der Waals surface area contributed by atoms with Crippen molar-refractivity contribution in [1.82, 2.24) is 0 Å². The van der Waals surface area contributed by atoms with Gasteiger partial charge in [-0.05, 0) is 24.9 Å². The molecular weight excluding hydrogens is 238 g/mol. The fraction of sp³-hybridized carbons (Fsp3) is 0.250. The molecule has 0 unspecified atom stereocenters. The van der Waals surface area contributed by atoms with E-state index in [1.165, 1.54) is 11.8 Å². The van der Waals surface area contributed by atoms with Gasteiger partial charge in [0.1, 0.15) is 0 Å². The van der Waals surface area contributed by atoms with Gasteiger partial charge in [0.2, 0.25) is 11.6 Å². The number of carbonyl (C=O) groups is 3. The number of ketones is 3. The summed E-state index contributed by atoms with van der Waals surface area (Å²) in [6.07, 6.45) is 1.71. The zero-order valence-corrected chi connectivity index (χ0v) is 10.3. The summed E-state index contributed by atoms with van der Waals surface area (Å²) in [4.78, 5) is 35.3. The summed E-state index contributed by atoms with van der Waals surface area (Å²) in [5.41, 5.74) is 5.45. The quantitative estimate of drug-likeness (QED) is 0.354. The fourth-order valence-electron chi connectivity index (χ4n) is 1.33. The van der Waals surface area contributed by atoms with E-state index in [9.17, 15) is 14.4 Å². The van der Waals surface area contributed by atoms with Gasteiger partial charge in [0.05, 0.1) is 0 Å². The highest BCUT2D eigenvalue weighted by Gasteiger charge is 2.24. The monoisotopic (exact) mass is 251 g/mol. The first-order chi connectivity index (χ1) is 8.11. The highest BCUT2D eigenvalue weighted by Crippen LogP contribution is 2.20. The van der Waals surface area contributed by atoms with Crippen LogP contribution in [0.2, 0.25) is 0 Å². The van der Waals surface area contributed by atoms with Crippen LogP contribution in [0.3, 0.4) is 0 Å². The lowest BCUT2D eigenvalue weighted by atomic mass is 10.0. The van der Waals surface area contributed by atoms with E-state index in [1.807, 2.05) is 0 Å². The molecule has 0 aromatic heterocycles. The molecule has 2 N–H and O–H groups in total. The lowest BCUT2D eigenvalue weighted by Crippen LogP contribution is -2.26. The molecule has 17 heavy (non-hydrogen) atoms. The van der Waals surface area contributed by atoms with Crippen LogP contribution in [0.1, 0.15) is 16.8 Å². The molecule has 0 spiro atoms. The van der Waals surface area contributed by atoms with Crippen LogP contribution in [0.5, 0.6) is 0 Å². The standard InChI is InChI=1S/C12H13NO3S/c1-17-10-5-3-2-4-8(10)11(15)12(16)9(14)6-7-13/h2-5H,6-7,13H2,1H3. The molecular formula is C12H13NO3S. The van der Waals surface area contributed by atoms with Crippen molar-refractivity contribution >= 4 is 29.1 Å². The zero-order valence-electron chi connectivity index (χ0n) is 9.43. The Hall–Kier alpha value is -1.46. The molecule has 0 saturated carbocycles. The summed E-state index contributed by atoms with van der Waals surface area (Å²) >= 11 is 1.36. The maximum absolute atomic E-state index is 11.8. The first-order valence-electron chi connectivity index (χ1n) is 5.06. The van der Waals surface area contributed by atoms with Gasteiger partial charge in [-0.15, -0.1) is 11.8 Å². The molecule has 0 bridgehead atoms. The van der Waals surface area contributed by atoms with Crippen LogP contribution >= 0.6 is 11.8 Å². The molecule has 0 aliphatic heterocycles. The molecule has 0 amide bonds. The molecule has 4 nitrogen and oxygen atoms in total. The smallest absolute Gasteiger partial charge is 0.269 e. The van der Waals surface area contributed by atoms with E-state index in [-0.39, 0.29) is 18.5 Å². The van der Waals surface area contributed by atoms with E-state index in [4.69, 9.17) is 5.73 Å². The van der Waals surface area contributed by atoms with Crippen LogP contribution in [0.25, 0.3) is 0 Å². The third-order valence-electron chi connectivity index (χ3n) is 2.18. The second kappa shape index (κ2) is 6.32. The van der Waals surface area contributed by atoms with Crippen molar-refractivity contribution in [3.05, 3.63) is 29.8 Å². The van der Waals surface area contributed by atoms with Gasteiger partial charge in [-0.2, -0.15) is 0 Å². The summed E-state index contributed by atoms with van der Waals surface area (Å²) in [5.74, 6) is -2.47. The summed E-state index contributed by atoms with van der Waals surface area (Å²) in [6, 6.07) is 6.71. The number of hydrogen-bond donors (Lipinski definition) is 1. The lowest BCUT2D eigenvalue weighted by Gasteiger charge is -2.04.